The quantitative estimate of drug-likeness (QED) is 0.421. The van der Waals surface area contributed by atoms with Gasteiger partial charge in [-0.3, -0.25) is 9.89 Å². The Balaban J connectivity index is 0.00000208. The van der Waals surface area contributed by atoms with Crippen LogP contribution in [0.1, 0.15) is 37.3 Å². The lowest BCUT2D eigenvalue weighted by atomic mass is 9.85. The van der Waals surface area contributed by atoms with Crippen LogP contribution >= 0.6 is 35.6 Å². The van der Waals surface area contributed by atoms with E-state index < -0.39 is 0 Å². The molecule has 2 aliphatic rings. The maximum atomic E-state index is 6.20. The Morgan fingerprint density at radius 2 is 2.12 bits per heavy atom. The third kappa shape index (κ3) is 4.76. The van der Waals surface area contributed by atoms with Crippen LogP contribution in [0.2, 0.25) is 5.02 Å². The van der Waals surface area contributed by atoms with Gasteiger partial charge in [0.1, 0.15) is 0 Å². The van der Waals surface area contributed by atoms with Crippen LogP contribution in [0.3, 0.4) is 0 Å². The third-order valence-electron chi connectivity index (χ3n) is 5.14. The fourth-order valence-corrected chi connectivity index (χ4v) is 3.84. The predicted octanol–water partition coefficient (Wildman–Crippen LogP) is 3.75. The van der Waals surface area contributed by atoms with Gasteiger partial charge in [0.15, 0.2) is 5.96 Å². The number of aliphatic imine (C=N–C) groups is 1. The van der Waals surface area contributed by atoms with Crippen molar-refractivity contribution < 1.29 is 0 Å². The first-order valence-electron chi connectivity index (χ1n) is 8.54. The van der Waals surface area contributed by atoms with Crippen LogP contribution in [-0.2, 0) is 0 Å². The van der Waals surface area contributed by atoms with Gasteiger partial charge >= 0.3 is 0 Å². The largest absolute Gasteiger partial charge is 0.370 e. The number of hydrogen-bond donors (Lipinski definition) is 1. The molecule has 1 aliphatic heterocycles. The molecule has 2 fully saturated rings. The maximum absolute atomic E-state index is 6.20. The molecular formula is C18H28ClIN4. The SMILES string of the molecule is CN1CCCC(CN=C(N)N(C)C2CC2)C1c1cccc(Cl)c1.I. The van der Waals surface area contributed by atoms with Gasteiger partial charge in [-0.25, -0.2) is 0 Å². The number of nitrogens with two attached hydrogens (primary N) is 1. The Kier molecular flexibility index (Phi) is 7.19. The molecule has 0 radical (unpaired) electrons. The van der Waals surface area contributed by atoms with Crippen LogP contribution in [0, 0.1) is 5.92 Å². The van der Waals surface area contributed by atoms with Crippen LogP contribution < -0.4 is 5.73 Å². The fourth-order valence-electron chi connectivity index (χ4n) is 3.64. The van der Waals surface area contributed by atoms with Crippen LogP contribution in [0.25, 0.3) is 0 Å². The summed E-state index contributed by atoms with van der Waals surface area (Å²) in [6, 6.07) is 9.21. The van der Waals surface area contributed by atoms with E-state index >= 15 is 0 Å². The number of benzene rings is 1. The lowest BCUT2D eigenvalue weighted by molar-refractivity contribution is 0.125. The summed E-state index contributed by atoms with van der Waals surface area (Å²) in [6.07, 6.45) is 4.88. The molecule has 134 valence electrons. The Bertz CT molecular complexity index is 576. The summed E-state index contributed by atoms with van der Waals surface area (Å²) < 4.78 is 0. The number of rotatable bonds is 4. The van der Waals surface area contributed by atoms with Crippen molar-refractivity contribution >= 4 is 41.5 Å². The summed E-state index contributed by atoms with van der Waals surface area (Å²) in [6.45, 7) is 1.90. The van der Waals surface area contributed by atoms with Crippen LogP contribution in [0.5, 0.6) is 0 Å². The van der Waals surface area contributed by atoms with Gasteiger partial charge in [0.25, 0.3) is 0 Å². The number of nitrogens with zero attached hydrogens (tertiary/aromatic N) is 3. The van der Waals surface area contributed by atoms with E-state index in [0.29, 0.717) is 24.0 Å². The monoisotopic (exact) mass is 462 g/mol. The van der Waals surface area contributed by atoms with Gasteiger partial charge in [-0.1, -0.05) is 23.7 Å². The normalized spacial score (nSPS) is 25.2. The molecule has 6 heteroatoms. The van der Waals surface area contributed by atoms with Crippen LogP contribution in [0.15, 0.2) is 29.3 Å². The molecule has 3 rings (SSSR count). The first kappa shape index (κ1) is 19.8. The summed E-state index contributed by atoms with van der Waals surface area (Å²) in [5.74, 6) is 1.17. The van der Waals surface area contributed by atoms with Crippen molar-refractivity contribution in [2.45, 2.75) is 37.8 Å². The average molecular weight is 463 g/mol. The smallest absolute Gasteiger partial charge is 0.191 e. The first-order valence-corrected chi connectivity index (χ1v) is 8.92. The van der Waals surface area contributed by atoms with Crippen molar-refractivity contribution in [3.63, 3.8) is 0 Å². The topological polar surface area (TPSA) is 44.9 Å². The summed E-state index contributed by atoms with van der Waals surface area (Å²) in [5, 5.41) is 0.803. The Morgan fingerprint density at radius 1 is 1.38 bits per heavy atom. The van der Waals surface area contributed by atoms with Crippen molar-refractivity contribution in [1.82, 2.24) is 9.80 Å². The number of guanidine groups is 1. The highest BCUT2D eigenvalue weighted by molar-refractivity contribution is 14.0. The molecule has 0 amide bonds. The highest BCUT2D eigenvalue weighted by atomic mass is 127. The van der Waals surface area contributed by atoms with E-state index in [1.165, 1.54) is 31.2 Å². The van der Waals surface area contributed by atoms with Crippen molar-refractivity contribution in [3.8, 4) is 0 Å². The molecule has 2 atom stereocenters. The van der Waals surface area contributed by atoms with Crippen LogP contribution in [0.4, 0.5) is 0 Å². The van der Waals surface area contributed by atoms with E-state index in [2.05, 4.69) is 36.0 Å². The molecule has 24 heavy (non-hydrogen) atoms. The minimum Gasteiger partial charge on any atom is -0.370 e. The van der Waals surface area contributed by atoms with E-state index in [0.717, 1.165) is 18.1 Å². The summed E-state index contributed by atoms with van der Waals surface area (Å²) in [4.78, 5) is 9.25. The molecule has 1 heterocycles. The minimum absolute atomic E-state index is 0. The van der Waals surface area contributed by atoms with Gasteiger partial charge < -0.3 is 10.6 Å². The molecule has 1 saturated heterocycles. The van der Waals surface area contributed by atoms with E-state index in [-0.39, 0.29) is 24.0 Å². The zero-order valence-corrected chi connectivity index (χ0v) is 17.6. The fraction of sp³-hybridized carbons (Fsp3) is 0.611. The zero-order valence-electron chi connectivity index (χ0n) is 14.5. The average Bonchev–Trinajstić information content (AvgIpc) is 3.36. The van der Waals surface area contributed by atoms with Crippen molar-refractivity contribution in [3.05, 3.63) is 34.9 Å². The highest BCUT2D eigenvalue weighted by Gasteiger charge is 2.31. The van der Waals surface area contributed by atoms with Gasteiger partial charge in [0, 0.05) is 30.7 Å². The second-order valence-corrected chi connectivity index (χ2v) is 7.36. The van der Waals surface area contributed by atoms with Crippen molar-refractivity contribution in [2.75, 3.05) is 27.2 Å². The second-order valence-electron chi connectivity index (χ2n) is 6.92. The predicted molar refractivity (Wildman–Crippen MR) is 112 cm³/mol. The highest BCUT2D eigenvalue weighted by Crippen LogP contribution is 2.36. The van der Waals surface area contributed by atoms with Gasteiger partial charge in [-0.05, 0) is 62.9 Å². The molecule has 1 aliphatic carbocycles. The molecule has 2 unspecified atom stereocenters. The van der Waals surface area contributed by atoms with E-state index in [1.807, 2.05) is 12.1 Å². The Labute approximate surface area is 167 Å². The number of hydrogen-bond acceptors (Lipinski definition) is 2. The standard InChI is InChI=1S/C18H27ClN4.HI/c1-22-10-4-6-14(12-21-18(20)23(2)16-8-9-16)17(22)13-5-3-7-15(19)11-13;/h3,5,7,11,14,16-17H,4,6,8-10,12H2,1-2H3,(H2,20,21);1H. The molecule has 4 nitrogen and oxygen atoms in total. The lowest BCUT2D eigenvalue weighted by Gasteiger charge is -2.39. The molecule has 1 saturated carbocycles. The first-order chi connectivity index (χ1) is 11.1. The van der Waals surface area contributed by atoms with Crippen molar-refractivity contribution in [1.29, 1.82) is 0 Å². The molecule has 1 aromatic rings. The van der Waals surface area contributed by atoms with E-state index in [9.17, 15) is 0 Å². The molecular weight excluding hydrogens is 435 g/mol. The van der Waals surface area contributed by atoms with E-state index in [1.54, 1.807) is 0 Å². The zero-order chi connectivity index (χ0) is 16.4. The Morgan fingerprint density at radius 3 is 2.79 bits per heavy atom. The molecule has 1 aromatic carbocycles. The van der Waals surface area contributed by atoms with Gasteiger partial charge in [-0.15, -0.1) is 24.0 Å². The molecule has 0 bridgehead atoms. The minimum atomic E-state index is 0. The number of piperidine rings is 1. The maximum Gasteiger partial charge on any atom is 0.191 e. The molecule has 0 spiro atoms. The summed E-state index contributed by atoms with van der Waals surface area (Å²) in [5.41, 5.74) is 7.45. The van der Waals surface area contributed by atoms with Crippen LogP contribution in [-0.4, -0.2) is 49.0 Å². The van der Waals surface area contributed by atoms with Gasteiger partial charge in [0.05, 0.1) is 0 Å². The molecule has 0 aromatic heterocycles. The number of halogens is 2. The lowest BCUT2D eigenvalue weighted by Crippen LogP contribution is -2.39. The van der Waals surface area contributed by atoms with Crippen molar-refractivity contribution in [2.24, 2.45) is 16.6 Å². The third-order valence-corrected chi connectivity index (χ3v) is 5.38. The molecule has 2 N–H and O–H groups in total. The van der Waals surface area contributed by atoms with Gasteiger partial charge in [0.2, 0.25) is 0 Å². The second kappa shape index (κ2) is 8.72. The summed E-state index contributed by atoms with van der Waals surface area (Å²) >= 11 is 6.20. The summed E-state index contributed by atoms with van der Waals surface area (Å²) in [7, 11) is 4.25. The Hall–Kier alpha value is -0.530. The van der Waals surface area contributed by atoms with E-state index in [4.69, 9.17) is 22.3 Å². The number of likely N-dealkylation sites (tertiary alicyclic amines) is 1. The van der Waals surface area contributed by atoms with Gasteiger partial charge in [-0.2, -0.15) is 0 Å².